The lowest BCUT2D eigenvalue weighted by molar-refractivity contribution is 0.102. The van der Waals surface area contributed by atoms with E-state index in [1.54, 1.807) is 12.1 Å². The molecule has 1 amide bonds. The first-order valence-electron chi connectivity index (χ1n) is 10.2. The third-order valence-electron chi connectivity index (χ3n) is 4.48. The maximum Gasteiger partial charge on any atom is 0.274 e. The van der Waals surface area contributed by atoms with Crippen LogP contribution < -0.4 is 15.8 Å². The maximum absolute atomic E-state index is 14.5. The standard InChI is InChI=1S/C21H21FN4O3S.C2H6/c1-21(8-11-30-20(23)26-21)16-12-14(4-6-17(16)22)25-19(28)18-7-5-15(13-24-18)29-10-3-2-9-27;1-2/h4-7,12-13,27H,8-11H2,1H3,(H2,23,26)(H,25,28);1-2H3. The van der Waals surface area contributed by atoms with Gasteiger partial charge in [0.2, 0.25) is 0 Å². The molecule has 2 aromatic rings. The number of aliphatic imine (C=N–C) groups is 1. The Morgan fingerprint density at radius 1 is 1.34 bits per heavy atom. The first-order chi connectivity index (χ1) is 15.4. The van der Waals surface area contributed by atoms with Crippen molar-refractivity contribution in [2.24, 2.45) is 10.7 Å². The monoisotopic (exact) mass is 458 g/mol. The Bertz CT molecular complexity index is 1020. The fourth-order valence-electron chi connectivity index (χ4n) is 2.92. The molecular weight excluding hydrogens is 431 g/mol. The number of halogens is 1. The molecule has 0 aliphatic carbocycles. The van der Waals surface area contributed by atoms with Gasteiger partial charge in [-0.1, -0.05) is 37.5 Å². The number of nitrogens with zero attached hydrogens (tertiary/aromatic N) is 2. The predicted octanol–water partition coefficient (Wildman–Crippen LogP) is 3.54. The number of thioether (sulfide) groups is 1. The predicted molar refractivity (Wildman–Crippen MR) is 126 cm³/mol. The van der Waals surface area contributed by atoms with Gasteiger partial charge in [0.05, 0.1) is 11.7 Å². The number of aliphatic hydroxyl groups is 1. The number of nitrogens with one attached hydrogen (secondary N) is 1. The molecule has 7 nitrogen and oxygen atoms in total. The number of hydrogen-bond acceptors (Lipinski definition) is 7. The minimum absolute atomic E-state index is 0.108. The van der Waals surface area contributed by atoms with Gasteiger partial charge in [0, 0.05) is 17.0 Å². The average molecular weight is 459 g/mol. The summed E-state index contributed by atoms with van der Waals surface area (Å²) in [4.78, 5) is 21.0. The van der Waals surface area contributed by atoms with Crippen molar-refractivity contribution in [1.82, 2.24) is 4.98 Å². The van der Waals surface area contributed by atoms with Crippen LogP contribution in [-0.4, -0.2) is 40.1 Å². The molecule has 1 aromatic carbocycles. The van der Waals surface area contributed by atoms with Gasteiger partial charge in [-0.2, -0.15) is 0 Å². The summed E-state index contributed by atoms with van der Waals surface area (Å²) in [5.74, 6) is 5.43. The van der Waals surface area contributed by atoms with E-state index in [0.29, 0.717) is 28.6 Å². The molecule has 0 saturated carbocycles. The smallest absolute Gasteiger partial charge is 0.274 e. The summed E-state index contributed by atoms with van der Waals surface area (Å²) >= 11 is 1.44. The van der Waals surface area contributed by atoms with Crippen LogP contribution in [0.3, 0.4) is 0 Å². The lowest BCUT2D eigenvalue weighted by Gasteiger charge is -2.30. The van der Waals surface area contributed by atoms with E-state index in [-0.39, 0.29) is 18.9 Å². The molecule has 0 radical (unpaired) electrons. The zero-order valence-corrected chi connectivity index (χ0v) is 19.1. The molecule has 32 heavy (non-hydrogen) atoms. The summed E-state index contributed by atoms with van der Waals surface area (Å²) in [6, 6.07) is 7.48. The Labute approximate surface area is 191 Å². The highest BCUT2D eigenvalue weighted by atomic mass is 32.2. The van der Waals surface area contributed by atoms with Crippen molar-refractivity contribution in [3.8, 4) is 17.6 Å². The highest BCUT2D eigenvalue weighted by molar-refractivity contribution is 8.13. The molecule has 2 heterocycles. The summed E-state index contributed by atoms with van der Waals surface area (Å²) < 4.78 is 19.8. The zero-order valence-electron chi connectivity index (χ0n) is 18.3. The van der Waals surface area contributed by atoms with Crippen LogP contribution >= 0.6 is 11.8 Å². The quantitative estimate of drug-likeness (QED) is 0.591. The largest absolute Gasteiger partial charge is 0.479 e. The van der Waals surface area contributed by atoms with Crippen molar-refractivity contribution in [1.29, 1.82) is 0 Å². The topological polar surface area (TPSA) is 110 Å². The molecule has 1 unspecified atom stereocenters. The van der Waals surface area contributed by atoms with Gasteiger partial charge in [-0.3, -0.25) is 9.79 Å². The fourth-order valence-corrected chi connectivity index (χ4v) is 3.89. The number of pyridine rings is 1. The van der Waals surface area contributed by atoms with E-state index in [9.17, 15) is 9.18 Å². The lowest BCUT2D eigenvalue weighted by atomic mass is 9.89. The van der Waals surface area contributed by atoms with Gasteiger partial charge in [0.15, 0.2) is 5.17 Å². The Morgan fingerprint density at radius 3 is 2.78 bits per heavy atom. The normalized spacial score (nSPS) is 17.1. The molecule has 0 fully saturated rings. The van der Waals surface area contributed by atoms with Gasteiger partial charge in [-0.15, -0.1) is 0 Å². The van der Waals surface area contributed by atoms with E-state index in [1.807, 2.05) is 20.8 Å². The lowest BCUT2D eigenvalue weighted by Crippen LogP contribution is -2.29. The average Bonchev–Trinajstić information content (AvgIpc) is 2.79. The number of hydrogen-bond donors (Lipinski definition) is 3. The van der Waals surface area contributed by atoms with E-state index >= 15 is 0 Å². The molecule has 170 valence electrons. The second-order valence-electron chi connectivity index (χ2n) is 6.65. The third-order valence-corrected chi connectivity index (χ3v) is 5.28. The molecule has 0 saturated heterocycles. The van der Waals surface area contributed by atoms with Crippen molar-refractivity contribution < 1.29 is 19.0 Å². The molecule has 3 rings (SSSR count). The number of carbonyl (C=O) groups is 1. The molecular formula is C23H27FN4O3S. The number of aliphatic hydroxyl groups excluding tert-OH is 1. The number of amidine groups is 1. The van der Waals surface area contributed by atoms with Gasteiger partial charge in [-0.25, -0.2) is 9.37 Å². The first-order valence-corrected chi connectivity index (χ1v) is 11.1. The highest BCUT2D eigenvalue weighted by Gasteiger charge is 2.32. The second kappa shape index (κ2) is 12.1. The number of anilines is 1. The summed E-state index contributed by atoms with van der Waals surface area (Å²) in [7, 11) is 0. The third kappa shape index (κ3) is 6.70. The molecule has 1 atom stereocenters. The van der Waals surface area contributed by atoms with Gasteiger partial charge in [0.1, 0.15) is 30.5 Å². The first kappa shape index (κ1) is 25.2. The number of benzene rings is 1. The summed E-state index contributed by atoms with van der Waals surface area (Å²) in [5, 5.41) is 11.7. The summed E-state index contributed by atoms with van der Waals surface area (Å²) in [6.45, 7) is 5.70. The molecule has 1 aromatic heterocycles. The second-order valence-corrected chi connectivity index (χ2v) is 7.77. The fraction of sp³-hybridized carbons (Fsp3) is 0.348. The molecule has 0 spiro atoms. The van der Waals surface area contributed by atoms with Crippen LogP contribution in [0.4, 0.5) is 10.1 Å². The molecule has 1 aliphatic rings. The van der Waals surface area contributed by atoms with E-state index in [4.69, 9.17) is 15.6 Å². The minimum atomic E-state index is -0.781. The van der Waals surface area contributed by atoms with Crippen molar-refractivity contribution in [2.75, 3.05) is 24.3 Å². The van der Waals surface area contributed by atoms with E-state index in [2.05, 4.69) is 27.1 Å². The molecule has 1 aliphatic heterocycles. The van der Waals surface area contributed by atoms with Gasteiger partial charge < -0.3 is 20.9 Å². The van der Waals surface area contributed by atoms with Crippen molar-refractivity contribution in [3.63, 3.8) is 0 Å². The van der Waals surface area contributed by atoms with Crippen LogP contribution in [0, 0.1) is 17.7 Å². The SMILES string of the molecule is CC.CC1(c2cc(NC(=O)c3ccc(OCC#CCO)cn3)ccc2F)CCSC(N)=N1. The number of rotatable bonds is 5. The number of aromatic nitrogens is 1. The van der Waals surface area contributed by atoms with Crippen LogP contribution in [0.2, 0.25) is 0 Å². The number of ether oxygens (including phenoxy) is 1. The Balaban J connectivity index is 0.00000176. The van der Waals surface area contributed by atoms with E-state index < -0.39 is 17.3 Å². The van der Waals surface area contributed by atoms with Crippen LogP contribution in [0.5, 0.6) is 5.75 Å². The van der Waals surface area contributed by atoms with Crippen LogP contribution in [0.1, 0.15) is 43.2 Å². The Hall–Kier alpha value is -3.09. The Morgan fingerprint density at radius 2 is 2.12 bits per heavy atom. The maximum atomic E-state index is 14.5. The van der Waals surface area contributed by atoms with Crippen molar-refractivity contribution >= 4 is 28.5 Å². The van der Waals surface area contributed by atoms with Crippen LogP contribution in [0.15, 0.2) is 41.5 Å². The molecule has 4 N–H and O–H groups in total. The van der Waals surface area contributed by atoms with Crippen LogP contribution in [0.25, 0.3) is 0 Å². The van der Waals surface area contributed by atoms with Crippen LogP contribution in [-0.2, 0) is 5.54 Å². The number of nitrogens with two attached hydrogens (primary N) is 1. The number of carbonyl (C=O) groups excluding carboxylic acids is 1. The molecule has 9 heteroatoms. The van der Waals surface area contributed by atoms with Gasteiger partial charge in [0.25, 0.3) is 5.91 Å². The van der Waals surface area contributed by atoms with Crippen molar-refractivity contribution in [3.05, 3.63) is 53.6 Å². The zero-order chi connectivity index (χ0) is 23.6. The van der Waals surface area contributed by atoms with E-state index in [1.165, 1.54) is 36.2 Å². The summed E-state index contributed by atoms with van der Waals surface area (Å²) in [6.07, 6.45) is 2.04. The van der Waals surface area contributed by atoms with Gasteiger partial charge >= 0.3 is 0 Å². The van der Waals surface area contributed by atoms with Crippen molar-refractivity contribution in [2.45, 2.75) is 32.7 Å². The highest BCUT2D eigenvalue weighted by Crippen LogP contribution is 2.37. The number of amides is 1. The Kier molecular flexibility index (Phi) is 9.50. The molecule has 0 bridgehead atoms. The summed E-state index contributed by atoms with van der Waals surface area (Å²) in [5.41, 5.74) is 6.05. The minimum Gasteiger partial charge on any atom is -0.479 e. The van der Waals surface area contributed by atoms with E-state index in [0.717, 1.165) is 5.75 Å². The van der Waals surface area contributed by atoms with Gasteiger partial charge in [-0.05, 0) is 43.7 Å².